The Labute approximate surface area is 112 Å². The number of sulfonamides is 1. The quantitative estimate of drug-likeness (QED) is 0.871. The molecule has 0 spiro atoms. The standard InChI is InChI=1S/C12H19NO3S2/c1-9-11(6-10(7-14)17-9)18(15,16)13-8-12(2)4-3-5-12/h6,13-14H,3-5,7-8H2,1-2H3. The van der Waals surface area contributed by atoms with Crippen LogP contribution in [0.4, 0.5) is 0 Å². The fraction of sp³-hybridized carbons (Fsp3) is 0.667. The van der Waals surface area contributed by atoms with Gasteiger partial charge in [-0.25, -0.2) is 13.1 Å². The van der Waals surface area contributed by atoms with E-state index in [0.29, 0.717) is 16.3 Å². The second kappa shape index (κ2) is 4.92. The molecule has 0 atom stereocenters. The highest BCUT2D eigenvalue weighted by Gasteiger charge is 2.33. The molecule has 0 aromatic carbocycles. The molecule has 0 saturated heterocycles. The third-order valence-corrected chi connectivity index (χ3v) is 6.31. The number of thiophene rings is 1. The van der Waals surface area contributed by atoms with Gasteiger partial charge in [-0.05, 0) is 31.2 Å². The number of rotatable bonds is 5. The normalized spacial score (nSPS) is 18.6. The SMILES string of the molecule is Cc1sc(CO)cc1S(=O)(=O)NCC1(C)CCC1. The Balaban J connectivity index is 2.12. The molecule has 0 unspecified atom stereocenters. The zero-order valence-electron chi connectivity index (χ0n) is 10.7. The van der Waals surface area contributed by atoms with E-state index in [0.717, 1.165) is 17.7 Å². The van der Waals surface area contributed by atoms with Crippen molar-refractivity contribution in [2.75, 3.05) is 6.54 Å². The first-order valence-electron chi connectivity index (χ1n) is 6.06. The first kappa shape index (κ1) is 14.0. The van der Waals surface area contributed by atoms with Crippen molar-refractivity contribution in [3.05, 3.63) is 15.8 Å². The third kappa shape index (κ3) is 2.77. The molecule has 0 bridgehead atoms. The highest BCUT2D eigenvalue weighted by molar-refractivity contribution is 7.89. The van der Waals surface area contributed by atoms with Gasteiger partial charge in [0.2, 0.25) is 10.0 Å². The number of aliphatic hydroxyl groups excluding tert-OH is 1. The van der Waals surface area contributed by atoms with Crippen molar-refractivity contribution in [3.8, 4) is 0 Å². The Morgan fingerprint density at radius 1 is 1.50 bits per heavy atom. The summed E-state index contributed by atoms with van der Waals surface area (Å²) in [6.07, 6.45) is 3.35. The Morgan fingerprint density at radius 3 is 2.61 bits per heavy atom. The predicted molar refractivity (Wildman–Crippen MR) is 72.1 cm³/mol. The van der Waals surface area contributed by atoms with Crippen molar-refractivity contribution >= 4 is 21.4 Å². The summed E-state index contributed by atoms with van der Waals surface area (Å²) >= 11 is 1.33. The average molecular weight is 289 g/mol. The summed E-state index contributed by atoms with van der Waals surface area (Å²) in [5.74, 6) is 0. The van der Waals surface area contributed by atoms with Gasteiger partial charge in [-0.15, -0.1) is 11.3 Å². The van der Waals surface area contributed by atoms with E-state index in [1.165, 1.54) is 17.8 Å². The Bertz CT molecular complexity index is 530. The molecule has 1 saturated carbocycles. The minimum absolute atomic E-state index is 0.112. The minimum atomic E-state index is -3.44. The molecule has 1 aromatic rings. The summed E-state index contributed by atoms with van der Waals surface area (Å²) in [7, 11) is -3.44. The lowest BCUT2D eigenvalue weighted by molar-refractivity contribution is 0.166. The number of aliphatic hydroxyl groups is 1. The fourth-order valence-electron chi connectivity index (χ4n) is 2.17. The highest BCUT2D eigenvalue weighted by atomic mass is 32.2. The van der Waals surface area contributed by atoms with E-state index in [1.807, 2.05) is 0 Å². The van der Waals surface area contributed by atoms with E-state index in [2.05, 4.69) is 11.6 Å². The van der Waals surface area contributed by atoms with Gasteiger partial charge in [0.15, 0.2) is 0 Å². The van der Waals surface area contributed by atoms with E-state index >= 15 is 0 Å². The Hall–Kier alpha value is -0.430. The van der Waals surface area contributed by atoms with E-state index in [4.69, 9.17) is 5.11 Å². The monoisotopic (exact) mass is 289 g/mol. The second-order valence-corrected chi connectivity index (χ2v) is 8.36. The van der Waals surface area contributed by atoms with Crippen LogP contribution in [0.3, 0.4) is 0 Å². The van der Waals surface area contributed by atoms with Crippen LogP contribution < -0.4 is 4.72 Å². The fourth-order valence-corrected chi connectivity index (χ4v) is 4.87. The molecule has 102 valence electrons. The van der Waals surface area contributed by atoms with Crippen LogP contribution in [-0.2, 0) is 16.6 Å². The molecular formula is C12H19NO3S2. The maximum absolute atomic E-state index is 12.2. The van der Waals surface area contributed by atoms with Gasteiger partial charge in [-0.2, -0.15) is 0 Å². The molecule has 1 aliphatic rings. The maximum Gasteiger partial charge on any atom is 0.241 e. The Kier molecular flexibility index (Phi) is 3.82. The van der Waals surface area contributed by atoms with Crippen LogP contribution in [0.5, 0.6) is 0 Å². The average Bonchev–Trinajstić information content (AvgIpc) is 2.66. The molecule has 2 N–H and O–H groups in total. The maximum atomic E-state index is 12.2. The summed E-state index contributed by atoms with van der Waals surface area (Å²) in [4.78, 5) is 1.72. The van der Waals surface area contributed by atoms with Crippen LogP contribution in [0.2, 0.25) is 0 Å². The van der Waals surface area contributed by atoms with E-state index in [9.17, 15) is 8.42 Å². The summed E-state index contributed by atoms with van der Waals surface area (Å²) in [6.45, 7) is 4.26. The van der Waals surface area contributed by atoms with Crippen molar-refractivity contribution in [1.82, 2.24) is 4.72 Å². The van der Waals surface area contributed by atoms with Crippen LogP contribution in [0.1, 0.15) is 35.9 Å². The lowest BCUT2D eigenvalue weighted by Gasteiger charge is -2.38. The number of nitrogens with one attached hydrogen (secondary N) is 1. The van der Waals surface area contributed by atoms with Crippen LogP contribution in [-0.4, -0.2) is 20.1 Å². The largest absolute Gasteiger partial charge is 0.391 e. The van der Waals surface area contributed by atoms with Gasteiger partial charge in [0, 0.05) is 16.3 Å². The molecule has 2 rings (SSSR count). The van der Waals surface area contributed by atoms with E-state index in [-0.39, 0.29) is 12.0 Å². The molecule has 0 amide bonds. The zero-order chi connectivity index (χ0) is 13.4. The van der Waals surface area contributed by atoms with Crippen molar-refractivity contribution < 1.29 is 13.5 Å². The third-order valence-electron chi connectivity index (χ3n) is 3.62. The topological polar surface area (TPSA) is 66.4 Å². The minimum Gasteiger partial charge on any atom is -0.391 e. The van der Waals surface area contributed by atoms with Crippen molar-refractivity contribution in [1.29, 1.82) is 0 Å². The number of aryl methyl sites for hydroxylation is 1. The van der Waals surface area contributed by atoms with Crippen LogP contribution in [0, 0.1) is 12.3 Å². The lowest BCUT2D eigenvalue weighted by Crippen LogP contribution is -2.39. The van der Waals surface area contributed by atoms with Gasteiger partial charge < -0.3 is 5.11 Å². The van der Waals surface area contributed by atoms with Gasteiger partial charge in [0.1, 0.15) is 0 Å². The second-order valence-electron chi connectivity index (χ2n) is 5.28. The van der Waals surface area contributed by atoms with Gasteiger partial charge in [0.05, 0.1) is 11.5 Å². The van der Waals surface area contributed by atoms with Gasteiger partial charge >= 0.3 is 0 Å². The molecule has 1 heterocycles. The molecule has 1 aliphatic carbocycles. The van der Waals surface area contributed by atoms with Crippen molar-refractivity contribution in [2.45, 2.75) is 44.6 Å². The number of hydrogen-bond donors (Lipinski definition) is 2. The van der Waals surface area contributed by atoms with Gasteiger partial charge in [0.25, 0.3) is 0 Å². The van der Waals surface area contributed by atoms with Crippen molar-refractivity contribution in [2.24, 2.45) is 5.41 Å². The molecule has 1 fully saturated rings. The molecule has 0 radical (unpaired) electrons. The summed E-state index contributed by atoms with van der Waals surface area (Å²) in [5.41, 5.74) is 0.122. The van der Waals surface area contributed by atoms with E-state index in [1.54, 1.807) is 13.0 Å². The molecule has 1 aromatic heterocycles. The van der Waals surface area contributed by atoms with Gasteiger partial charge in [-0.3, -0.25) is 0 Å². The molecule has 0 aliphatic heterocycles. The highest BCUT2D eigenvalue weighted by Crippen LogP contribution is 2.39. The van der Waals surface area contributed by atoms with E-state index < -0.39 is 10.0 Å². The zero-order valence-corrected chi connectivity index (χ0v) is 12.3. The predicted octanol–water partition coefficient (Wildman–Crippen LogP) is 2.02. The van der Waals surface area contributed by atoms with Crippen LogP contribution >= 0.6 is 11.3 Å². The number of hydrogen-bond acceptors (Lipinski definition) is 4. The molecule has 4 nitrogen and oxygen atoms in total. The Morgan fingerprint density at radius 2 is 2.17 bits per heavy atom. The molecule has 6 heteroatoms. The van der Waals surface area contributed by atoms with Crippen LogP contribution in [0.15, 0.2) is 11.0 Å². The van der Waals surface area contributed by atoms with Crippen molar-refractivity contribution in [3.63, 3.8) is 0 Å². The molecular weight excluding hydrogens is 270 g/mol. The summed E-state index contributed by atoms with van der Waals surface area (Å²) in [5, 5.41) is 9.04. The van der Waals surface area contributed by atoms with Gasteiger partial charge in [-0.1, -0.05) is 13.3 Å². The van der Waals surface area contributed by atoms with Crippen LogP contribution in [0.25, 0.3) is 0 Å². The first-order valence-corrected chi connectivity index (χ1v) is 8.36. The summed E-state index contributed by atoms with van der Waals surface area (Å²) in [6, 6.07) is 1.56. The molecule has 18 heavy (non-hydrogen) atoms. The lowest BCUT2D eigenvalue weighted by atomic mass is 9.71. The smallest absolute Gasteiger partial charge is 0.241 e. The summed E-state index contributed by atoms with van der Waals surface area (Å²) < 4.78 is 27.1. The first-order chi connectivity index (χ1) is 8.36.